The van der Waals surface area contributed by atoms with E-state index in [1.807, 2.05) is 31.2 Å². The van der Waals surface area contributed by atoms with Gasteiger partial charge in [-0.05, 0) is 24.6 Å². The van der Waals surface area contributed by atoms with Crippen molar-refractivity contribution in [3.8, 4) is 0 Å². The minimum atomic E-state index is -0.116. The van der Waals surface area contributed by atoms with Crippen molar-refractivity contribution >= 4 is 23.4 Å². The fraction of sp³-hybridized carbons (Fsp3) is 0.182. The standard InChI is InChI=1S/C11H14N2O/c1-3-4-9-5-6-10(12)11(7-9)13-8(2)14/h3-7H,12H2,1-2H3,(H,13,14)/b4-3+. The first-order chi connectivity index (χ1) is 6.63. The zero-order chi connectivity index (χ0) is 10.6. The van der Waals surface area contributed by atoms with Gasteiger partial charge in [0.1, 0.15) is 0 Å². The van der Waals surface area contributed by atoms with Gasteiger partial charge >= 0.3 is 0 Å². The van der Waals surface area contributed by atoms with E-state index in [0.29, 0.717) is 11.4 Å². The predicted octanol–water partition coefficient (Wildman–Crippen LogP) is 2.26. The maximum Gasteiger partial charge on any atom is 0.221 e. The molecule has 14 heavy (non-hydrogen) atoms. The largest absolute Gasteiger partial charge is 0.397 e. The molecule has 3 N–H and O–H groups in total. The van der Waals surface area contributed by atoms with Gasteiger partial charge in [-0.2, -0.15) is 0 Å². The smallest absolute Gasteiger partial charge is 0.221 e. The van der Waals surface area contributed by atoms with Gasteiger partial charge in [0.05, 0.1) is 11.4 Å². The van der Waals surface area contributed by atoms with Crippen molar-refractivity contribution in [3.05, 3.63) is 29.8 Å². The summed E-state index contributed by atoms with van der Waals surface area (Å²) in [6.45, 7) is 3.40. The molecule has 0 saturated heterocycles. The zero-order valence-corrected chi connectivity index (χ0v) is 8.37. The van der Waals surface area contributed by atoms with E-state index in [1.54, 1.807) is 6.07 Å². The van der Waals surface area contributed by atoms with Crippen molar-refractivity contribution in [2.45, 2.75) is 13.8 Å². The molecule has 0 spiro atoms. The van der Waals surface area contributed by atoms with Gasteiger partial charge in [0.15, 0.2) is 0 Å². The van der Waals surface area contributed by atoms with Crippen LogP contribution < -0.4 is 11.1 Å². The van der Waals surface area contributed by atoms with Crippen molar-refractivity contribution < 1.29 is 4.79 Å². The topological polar surface area (TPSA) is 55.1 Å². The highest BCUT2D eigenvalue weighted by Gasteiger charge is 2.00. The van der Waals surface area contributed by atoms with Crippen molar-refractivity contribution in [1.29, 1.82) is 0 Å². The number of amides is 1. The molecule has 0 radical (unpaired) electrons. The molecule has 1 aromatic carbocycles. The van der Waals surface area contributed by atoms with E-state index < -0.39 is 0 Å². The Morgan fingerprint density at radius 3 is 2.79 bits per heavy atom. The summed E-state index contributed by atoms with van der Waals surface area (Å²) >= 11 is 0. The first kappa shape index (κ1) is 10.3. The van der Waals surface area contributed by atoms with E-state index in [9.17, 15) is 4.79 Å². The van der Waals surface area contributed by atoms with Crippen LogP contribution in [0.1, 0.15) is 19.4 Å². The Morgan fingerprint density at radius 1 is 1.50 bits per heavy atom. The normalized spacial score (nSPS) is 10.4. The number of anilines is 2. The van der Waals surface area contributed by atoms with Crippen molar-refractivity contribution in [2.75, 3.05) is 11.1 Å². The molecule has 0 aromatic heterocycles. The molecular weight excluding hydrogens is 176 g/mol. The van der Waals surface area contributed by atoms with Crippen LogP contribution in [0.15, 0.2) is 24.3 Å². The minimum Gasteiger partial charge on any atom is -0.397 e. The van der Waals surface area contributed by atoms with Crippen LogP contribution in [-0.2, 0) is 4.79 Å². The van der Waals surface area contributed by atoms with Crippen LogP contribution in [0.25, 0.3) is 6.08 Å². The molecule has 0 bridgehead atoms. The first-order valence-corrected chi connectivity index (χ1v) is 4.43. The molecule has 0 heterocycles. The third-order valence-corrected chi connectivity index (χ3v) is 1.75. The number of benzene rings is 1. The Morgan fingerprint density at radius 2 is 2.21 bits per heavy atom. The van der Waals surface area contributed by atoms with Crippen LogP contribution in [0, 0.1) is 0 Å². The third kappa shape index (κ3) is 2.62. The molecule has 1 aromatic rings. The summed E-state index contributed by atoms with van der Waals surface area (Å²) < 4.78 is 0. The number of nitrogens with two attached hydrogens (primary N) is 1. The minimum absolute atomic E-state index is 0.116. The number of nitrogens with one attached hydrogen (secondary N) is 1. The predicted molar refractivity (Wildman–Crippen MR) is 59.9 cm³/mol. The van der Waals surface area contributed by atoms with E-state index in [1.165, 1.54) is 6.92 Å². The van der Waals surface area contributed by atoms with Gasteiger partial charge in [0, 0.05) is 6.92 Å². The van der Waals surface area contributed by atoms with Gasteiger partial charge in [0.25, 0.3) is 0 Å². The van der Waals surface area contributed by atoms with Crippen LogP contribution in [0.2, 0.25) is 0 Å². The molecule has 3 heteroatoms. The molecule has 0 fully saturated rings. The number of carbonyl (C=O) groups is 1. The maximum absolute atomic E-state index is 10.8. The summed E-state index contributed by atoms with van der Waals surface area (Å²) in [5.41, 5.74) is 7.95. The monoisotopic (exact) mass is 190 g/mol. The molecule has 3 nitrogen and oxygen atoms in total. The van der Waals surface area contributed by atoms with Gasteiger partial charge in [0.2, 0.25) is 5.91 Å². The summed E-state index contributed by atoms with van der Waals surface area (Å²) in [5.74, 6) is -0.116. The second-order valence-electron chi connectivity index (χ2n) is 3.03. The average molecular weight is 190 g/mol. The van der Waals surface area contributed by atoms with Crippen LogP contribution in [0.5, 0.6) is 0 Å². The van der Waals surface area contributed by atoms with Gasteiger partial charge in [-0.1, -0.05) is 18.2 Å². The lowest BCUT2D eigenvalue weighted by Gasteiger charge is -2.06. The Labute approximate surface area is 83.6 Å². The highest BCUT2D eigenvalue weighted by Crippen LogP contribution is 2.20. The quantitative estimate of drug-likeness (QED) is 0.703. The highest BCUT2D eigenvalue weighted by molar-refractivity contribution is 5.92. The maximum atomic E-state index is 10.8. The Balaban J connectivity index is 3.01. The summed E-state index contributed by atoms with van der Waals surface area (Å²) in [6.07, 6.45) is 3.88. The third-order valence-electron chi connectivity index (χ3n) is 1.75. The van der Waals surface area contributed by atoms with Gasteiger partial charge in [-0.15, -0.1) is 0 Å². The molecule has 0 unspecified atom stereocenters. The van der Waals surface area contributed by atoms with E-state index in [0.717, 1.165) is 5.56 Å². The first-order valence-electron chi connectivity index (χ1n) is 4.43. The van der Waals surface area contributed by atoms with Gasteiger partial charge in [-0.25, -0.2) is 0 Å². The molecule has 74 valence electrons. The molecule has 0 saturated carbocycles. The summed E-state index contributed by atoms with van der Waals surface area (Å²) in [5, 5.41) is 2.67. The SMILES string of the molecule is C/C=C/c1ccc(N)c(NC(C)=O)c1. The van der Waals surface area contributed by atoms with Crippen LogP contribution in [-0.4, -0.2) is 5.91 Å². The van der Waals surface area contributed by atoms with E-state index in [-0.39, 0.29) is 5.91 Å². The Hall–Kier alpha value is -1.77. The second kappa shape index (κ2) is 4.46. The van der Waals surface area contributed by atoms with E-state index in [4.69, 9.17) is 5.73 Å². The lowest BCUT2D eigenvalue weighted by Crippen LogP contribution is -2.08. The average Bonchev–Trinajstić information content (AvgIpc) is 2.10. The van der Waals surface area contributed by atoms with Gasteiger partial charge in [-0.3, -0.25) is 4.79 Å². The fourth-order valence-corrected chi connectivity index (χ4v) is 1.17. The number of hydrogen-bond acceptors (Lipinski definition) is 2. The molecular formula is C11H14N2O. The molecule has 0 atom stereocenters. The van der Waals surface area contributed by atoms with E-state index >= 15 is 0 Å². The molecule has 1 amide bonds. The summed E-state index contributed by atoms with van der Waals surface area (Å²) in [7, 11) is 0. The highest BCUT2D eigenvalue weighted by atomic mass is 16.1. The van der Waals surface area contributed by atoms with Crippen molar-refractivity contribution in [2.24, 2.45) is 0 Å². The fourth-order valence-electron chi connectivity index (χ4n) is 1.17. The Kier molecular flexibility index (Phi) is 3.29. The van der Waals surface area contributed by atoms with Crippen LogP contribution >= 0.6 is 0 Å². The van der Waals surface area contributed by atoms with E-state index in [2.05, 4.69) is 5.32 Å². The number of carbonyl (C=O) groups excluding carboxylic acids is 1. The summed E-state index contributed by atoms with van der Waals surface area (Å²) in [6, 6.07) is 5.53. The number of rotatable bonds is 2. The van der Waals surface area contributed by atoms with Crippen LogP contribution in [0.3, 0.4) is 0 Å². The van der Waals surface area contributed by atoms with Crippen molar-refractivity contribution in [1.82, 2.24) is 0 Å². The zero-order valence-electron chi connectivity index (χ0n) is 8.37. The summed E-state index contributed by atoms with van der Waals surface area (Å²) in [4.78, 5) is 10.8. The lowest BCUT2D eigenvalue weighted by atomic mass is 10.1. The number of hydrogen-bond donors (Lipinski definition) is 2. The van der Waals surface area contributed by atoms with Gasteiger partial charge < -0.3 is 11.1 Å². The van der Waals surface area contributed by atoms with Crippen LogP contribution in [0.4, 0.5) is 11.4 Å². The molecule has 0 aliphatic rings. The lowest BCUT2D eigenvalue weighted by molar-refractivity contribution is -0.114. The molecule has 0 aliphatic heterocycles. The Bertz CT molecular complexity index is 370. The van der Waals surface area contributed by atoms with Crippen molar-refractivity contribution in [3.63, 3.8) is 0 Å². The second-order valence-corrected chi connectivity index (χ2v) is 3.03. The number of allylic oxidation sites excluding steroid dienone is 1. The number of nitrogen functional groups attached to an aromatic ring is 1. The molecule has 0 aliphatic carbocycles. The molecule has 1 rings (SSSR count).